The van der Waals surface area contributed by atoms with Gasteiger partial charge in [0.1, 0.15) is 29.4 Å². The van der Waals surface area contributed by atoms with Gasteiger partial charge >= 0.3 is 5.97 Å². The van der Waals surface area contributed by atoms with Crippen molar-refractivity contribution in [1.82, 2.24) is 9.55 Å². The van der Waals surface area contributed by atoms with Gasteiger partial charge in [0.05, 0.1) is 38.6 Å². The zero-order chi connectivity index (χ0) is 20.4. The number of fused-ring (bicyclic) bond motifs is 1. The molecular weight excluding hydrogens is 396 g/mol. The molecule has 4 aromatic rings. The molecule has 0 unspecified atom stereocenters. The molecule has 29 heavy (non-hydrogen) atoms. The van der Waals surface area contributed by atoms with Crippen LogP contribution in [0.2, 0.25) is 0 Å². The first-order valence-corrected chi connectivity index (χ1v) is 9.43. The number of hydrogen-bond donors (Lipinski definition) is 0. The number of rotatable bonds is 7. The average molecular weight is 414 g/mol. The molecule has 150 valence electrons. The van der Waals surface area contributed by atoms with Gasteiger partial charge in [0.25, 0.3) is 0 Å². The maximum Gasteiger partial charge on any atom is 0.351 e. The third-order valence-corrected chi connectivity index (χ3v) is 5.39. The minimum Gasteiger partial charge on any atom is -0.493 e. The number of carbonyl (C=O) groups is 1. The second-order valence-corrected chi connectivity index (χ2v) is 6.98. The van der Waals surface area contributed by atoms with E-state index in [1.165, 1.54) is 18.4 Å². The SMILES string of the molecule is COC(=O)c1sc(-n2cnc3cc(OC)c(OC)cc32)cc1OCc1ccco1. The number of esters is 1. The van der Waals surface area contributed by atoms with Gasteiger partial charge in [0.15, 0.2) is 16.4 Å². The molecule has 0 fully saturated rings. The monoisotopic (exact) mass is 414 g/mol. The van der Waals surface area contributed by atoms with Crippen molar-refractivity contribution in [2.24, 2.45) is 0 Å². The molecule has 0 radical (unpaired) electrons. The fourth-order valence-corrected chi connectivity index (χ4v) is 3.88. The molecule has 0 N–H and O–H groups in total. The van der Waals surface area contributed by atoms with Crippen LogP contribution >= 0.6 is 11.3 Å². The Morgan fingerprint density at radius 3 is 2.62 bits per heavy atom. The van der Waals surface area contributed by atoms with Crippen LogP contribution in [0.5, 0.6) is 17.2 Å². The molecule has 0 aliphatic heterocycles. The van der Waals surface area contributed by atoms with Crippen LogP contribution in [0.1, 0.15) is 15.4 Å². The first-order chi connectivity index (χ1) is 14.1. The zero-order valence-electron chi connectivity index (χ0n) is 16.0. The van der Waals surface area contributed by atoms with E-state index in [2.05, 4.69) is 4.98 Å². The van der Waals surface area contributed by atoms with Gasteiger partial charge in [-0.25, -0.2) is 9.78 Å². The van der Waals surface area contributed by atoms with Gasteiger partial charge in [0.2, 0.25) is 0 Å². The van der Waals surface area contributed by atoms with E-state index in [1.54, 1.807) is 51.1 Å². The molecule has 0 atom stereocenters. The van der Waals surface area contributed by atoms with Crippen LogP contribution in [0.4, 0.5) is 0 Å². The van der Waals surface area contributed by atoms with Gasteiger partial charge in [-0.1, -0.05) is 0 Å². The molecule has 9 heteroatoms. The maximum atomic E-state index is 12.2. The summed E-state index contributed by atoms with van der Waals surface area (Å²) in [4.78, 5) is 17.0. The number of imidazole rings is 1. The first kappa shape index (κ1) is 18.9. The lowest BCUT2D eigenvalue weighted by molar-refractivity contribution is 0.0601. The summed E-state index contributed by atoms with van der Waals surface area (Å²) in [7, 11) is 4.48. The number of hydrogen-bond acceptors (Lipinski definition) is 8. The predicted octanol–water partition coefficient (Wildman–Crippen LogP) is 4.06. The number of furan rings is 1. The van der Waals surface area contributed by atoms with Crippen molar-refractivity contribution < 1.29 is 28.2 Å². The van der Waals surface area contributed by atoms with E-state index in [-0.39, 0.29) is 6.61 Å². The van der Waals surface area contributed by atoms with Gasteiger partial charge < -0.3 is 23.4 Å². The van der Waals surface area contributed by atoms with Gasteiger partial charge in [0, 0.05) is 18.2 Å². The molecule has 4 rings (SSSR count). The van der Waals surface area contributed by atoms with Gasteiger partial charge in [-0.05, 0) is 12.1 Å². The number of carbonyl (C=O) groups excluding carboxylic acids is 1. The fourth-order valence-electron chi connectivity index (χ4n) is 2.88. The number of ether oxygens (including phenoxy) is 4. The highest BCUT2D eigenvalue weighted by atomic mass is 32.1. The topological polar surface area (TPSA) is 85.0 Å². The van der Waals surface area contributed by atoms with Crippen molar-refractivity contribution in [3.8, 4) is 22.2 Å². The lowest BCUT2D eigenvalue weighted by Gasteiger charge is -2.08. The molecule has 8 nitrogen and oxygen atoms in total. The first-order valence-electron chi connectivity index (χ1n) is 8.61. The summed E-state index contributed by atoms with van der Waals surface area (Å²) in [6.45, 7) is 0.197. The lowest BCUT2D eigenvalue weighted by atomic mass is 10.2. The zero-order valence-corrected chi connectivity index (χ0v) is 16.8. The standard InChI is InChI=1S/C20H18N2O6S/c1-24-15-7-13-14(8-16(15)25-2)22(11-21-13)18-9-17(19(29-18)20(23)26-3)28-10-12-5-4-6-27-12/h4-9,11H,10H2,1-3H3. The summed E-state index contributed by atoms with van der Waals surface area (Å²) >= 11 is 1.25. The Labute approximate surface area is 170 Å². The molecule has 0 aliphatic carbocycles. The predicted molar refractivity (Wildman–Crippen MR) is 106 cm³/mol. The van der Waals surface area contributed by atoms with Gasteiger partial charge in [-0.3, -0.25) is 4.57 Å². The molecule has 1 aromatic carbocycles. The Kier molecular flexibility index (Phi) is 5.13. The summed E-state index contributed by atoms with van der Waals surface area (Å²) in [5, 5.41) is 0.745. The highest BCUT2D eigenvalue weighted by Crippen LogP contribution is 2.37. The van der Waals surface area contributed by atoms with Crippen LogP contribution < -0.4 is 14.2 Å². The van der Waals surface area contributed by atoms with Crippen LogP contribution in [0.25, 0.3) is 16.0 Å². The number of nitrogens with zero attached hydrogens (tertiary/aromatic N) is 2. The lowest BCUT2D eigenvalue weighted by Crippen LogP contribution is -2.02. The van der Waals surface area contributed by atoms with Crippen LogP contribution in [0, 0.1) is 0 Å². The summed E-state index contributed by atoms with van der Waals surface area (Å²) in [6.07, 6.45) is 3.24. The van der Waals surface area contributed by atoms with E-state index in [0.29, 0.717) is 27.9 Å². The fraction of sp³-hybridized carbons (Fsp3) is 0.200. The van der Waals surface area contributed by atoms with E-state index < -0.39 is 5.97 Å². The van der Waals surface area contributed by atoms with Crippen molar-refractivity contribution in [3.05, 3.63) is 53.6 Å². The van der Waals surface area contributed by atoms with Crippen LogP contribution in [-0.4, -0.2) is 36.8 Å². The molecule has 0 aliphatic rings. The number of thiophene rings is 1. The second kappa shape index (κ2) is 7.88. The summed E-state index contributed by atoms with van der Waals surface area (Å²) in [6, 6.07) is 8.99. The van der Waals surface area contributed by atoms with E-state index in [9.17, 15) is 4.79 Å². The third kappa shape index (κ3) is 3.52. The summed E-state index contributed by atoms with van der Waals surface area (Å²) in [5.41, 5.74) is 1.53. The minimum absolute atomic E-state index is 0.197. The van der Waals surface area contributed by atoms with Crippen molar-refractivity contribution in [2.45, 2.75) is 6.61 Å². The van der Waals surface area contributed by atoms with Gasteiger partial charge in [-0.15, -0.1) is 11.3 Å². The largest absolute Gasteiger partial charge is 0.493 e. The number of aromatic nitrogens is 2. The average Bonchev–Trinajstić information content (AvgIpc) is 3.49. The van der Waals surface area contributed by atoms with E-state index in [4.69, 9.17) is 23.4 Å². The van der Waals surface area contributed by atoms with Crippen molar-refractivity contribution in [2.75, 3.05) is 21.3 Å². The molecule has 0 saturated carbocycles. The maximum absolute atomic E-state index is 12.2. The quantitative estimate of drug-likeness (QED) is 0.422. The van der Waals surface area contributed by atoms with Crippen molar-refractivity contribution >= 4 is 28.3 Å². The highest BCUT2D eigenvalue weighted by Gasteiger charge is 2.21. The molecular formula is C20H18N2O6S. The van der Waals surface area contributed by atoms with Crippen LogP contribution in [0.3, 0.4) is 0 Å². The Morgan fingerprint density at radius 2 is 1.93 bits per heavy atom. The Bertz CT molecular complexity index is 1150. The molecule has 0 spiro atoms. The van der Waals surface area contributed by atoms with E-state index >= 15 is 0 Å². The van der Waals surface area contributed by atoms with Crippen molar-refractivity contribution in [3.63, 3.8) is 0 Å². The Balaban J connectivity index is 1.75. The Morgan fingerprint density at radius 1 is 1.14 bits per heavy atom. The summed E-state index contributed by atoms with van der Waals surface area (Å²) < 4.78 is 28.6. The second-order valence-electron chi connectivity index (χ2n) is 5.95. The molecule has 0 amide bonds. The number of methoxy groups -OCH3 is 3. The molecule has 0 saturated heterocycles. The number of benzene rings is 1. The molecule has 0 bridgehead atoms. The summed E-state index contributed by atoms with van der Waals surface area (Å²) in [5.74, 6) is 1.77. The Hall–Kier alpha value is -3.46. The van der Waals surface area contributed by atoms with E-state index in [0.717, 1.165) is 16.0 Å². The highest BCUT2D eigenvalue weighted by molar-refractivity contribution is 7.16. The molecule has 3 heterocycles. The minimum atomic E-state index is -0.473. The van der Waals surface area contributed by atoms with Gasteiger partial charge in [-0.2, -0.15) is 0 Å². The van der Waals surface area contributed by atoms with Crippen LogP contribution in [-0.2, 0) is 11.3 Å². The molecule has 3 aromatic heterocycles. The third-order valence-electron chi connectivity index (χ3n) is 4.30. The van der Waals surface area contributed by atoms with Crippen molar-refractivity contribution in [1.29, 1.82) is 0 Å². The normalized spacial score (nSPS) is 10.9. The van der Waals surface area contributed by atoms with Crippen LogP contribution in [0.15, 0.2) is 47.3 Å². The smallest absolute Gasteiger partial charge is 0.351 e. The van der Waals surface area contributed by atoms with E-state index in [1.807, 2.05) is 10.6 Å².